The third-order valence-corrected chi connectivity index (χ3v) is 6.07. The highest BCUT2D eigenvalue weighted by molar-refractivity contribution is 5.95. The van der Waals surface area contributed by atoms with Gasteiger partial charge in [-0.2, -0.15) is 5.10 Å². The van der Waals surface area contributed by atoms with Crippen molar-refractivity contribution >= 4 is 27.8 Å². The normalized spacial score (nSPS) is 11.6. The molecule has 0 aliphatic rings. The number of rotatable bonds is 7. The molecular weight excluding hydrogens is 469 g/mol. The summed E-state index contributed by atoms with van der Waals surface area (Å²) >= 11 is 0. The molecule has 0 radical (unpaired) electrons. The number of halogens is 1. The zero-order valence-corrected chi connectivity index (χ0v) is 20.3. The highest BCUT2D eigenvalue weighted by Gasteiger charge is 2.18. The number of nitrogens with zero attached hydrogens (tertiary/aromatic N) is 6. The Kier molecular flexibility index (Phi) is 5.78. The van der Waals surface area contributed by atoms with Crippen LogP contribution in [0.25, 0.3) is 56.1 Å². The summed E-state index contributed by atoms with van der Waals surface area (Å²) in [4.78, 5) is 23.7. The Labute approximate surface area is 211 Å². The maximum atomic E-state index is 14.5. The molecule has 0 aliphatic heterocycles. The molecule has 5 heterocycles. The van der Waals surface area contributed by atoms with Gasteiger partial charge in [0.15, 0.2) is 11.5 Å². The average molecular weight is 494 g/mol. The first-order chi connectivity index (χ1) is 18.0. The molecule has 0 saturated heterocycles. The summed E-state index contributed by atoms with van der Waals surface area (Å²) in [5, 5.41) is 10.8. The van der Waals surface area contributed by atoms with Crippen molar-refractivity contribution in [1.82, 2.24) is 40.0 Å². The highest BCUT2D eigenvalue weighted by Crippen LogP contribution is 2.32. The van der Waals surface area contributed by atoms with Crippen molar-refractivity contribution in [3.05, 3.63) is 72.9 Å². The van der Waals surface area contributed by atoms with Crippen molar-refractivity contribution in [2.45, 2.75) is 0 Å². The standard InChI is InChI=1S/C27H24FN9/c1-37(2)12-11-30-19-14-17(13-18(28)15-19)23-24-21(7-10-31-23)33-27(34-24)26-25-22(35-36-26)4-3-20(32-25)16-5-8-29-9-6-16/h3-10,13-15,30H,11-12H2,1-2H3,(H,33,34)(H,35,36). The van der Waals surface area contributed by atoms with Gasteiger partial charge in [-0.05, 0) is 62.6 Å². The van der Waals surface area contributed by atoms with E-state index in [4.69, 9.17) is 9.97 Å². The Balaban J connectivity index is 1.41. The number of fused-ring (bicyclic) bond motifs is 2. The first kappa shape index (κ1) is 22.7. The number of benzene rings is 1. The Morgan fingerprint density at radius 2 is 1.70 bits per heavy atom. The van der Waals surface area contributed by atoms with E-state index in [-0.39, 0.29) is 5.82 Å². The average Bonchev–Trinajstić information content (AvgIpc) is 3.52. The van der Waals surface area contributed by atoms with Gasteiger partial charge in [0.2, 0.25) is 0 Å². The van der Waals surface area contributed by atoms with Gasteiger partial charge in [-0.3, -0.25) is 15.1 Å². The molecule has 37 heavy (non-hydrogen) atoms. The van der Waals surface area contributed by atoms with Crippen molar-refractivity contribution in [3.63, 3.8) is 0 Å². The number of hydrogen-bond acceptors (Lipinski definition) is 7. The highest BCUT2D eigenvalue weighted by atomic mass is 19.1. The van der Waals surface area contributed by atoms with Gasteiger partial charge in [0.05, 0.1) is 22.4 Å². The van der Waals surface area contributed by atoms with Crippen LogP contribution in [0.2, 0.25) is 0 Å². The molecule has 0 fully saturated rings. The Morgan fingerprint density at radius 1 is 0.865 bits per heavy atom. The quantitative estimate of drug-likeness (QED) is 0.295. The first-order valence-electron chi connectivity index (χ1n) is 11.9. The van der Waals surface area contributed by atoms with E-state index in [0.29, 0.717) is 46.0 Å². The molecule has 0 amide bonds. The summed E-state index contributed by atoms with van der Waals surface area (Å²) in [5.74, 6) is 0.209. The lowest BCUT2D eigenvalue weighted by Crippen LogP contribution is -2.20. The SMILES string of the molecule is CN(C)CCNc1cc(F)cc(-c2nccc3[nH]c(-c4n[nH]c5ccc(-c6ccncc6)nc45)nc23)c1. The number of H-pyrrole nitrogens is 2. The van der Waals surface area contributed by atoms with Gasteiger partial charge in [0.25, 0.3) is 0 Å². The van der Waals surface area contributed by atoms with Gasteiger partial charge < -0.3 is 15.2 Å². The summed E-state index contributed by atoms with van der Waals surface area (Å²) in [7, 11) is 3.99. The summed E-state index contributed by atoms with van der Waals surface area (Å²) in [6.07, 6.45) is 5.16. The summed E-state index contributed by atoms with van der Waals surface area (Å²) in [5.41, 5.74) is 7.17. The second-order valence-electron chi connectivity index (χ2n) is 9.00. The fourth-order valence-corrected chi connectivity index (χ4v) is 4.26. The largest absolute Gasteiger partial charge is 0.384 e. The van der Waals surface area contributed by atoms with Crippen LogP contribution in [-0.4, -0.2) is 67.2 Å². The molecule has 0 atom stereocenters. The number of pyridine rings is 3. The van der Waals surface area contributed by atoms with E-state index in [9.17, 15) is 4.39 Å². The zero-order valence-electron chi connectivity index (χ0n) is 20.3. The Morgan fingerprint density at radius 3 is 2.54 bits per heavy atom. The van der Waals surface area contributed by atoms with E-state index in [1.54, 1.807) is 18.6 Å². The lowest BCUT2D eigenvalue weighted by molar-refractivity contribution is 0.425. The molecular formula is C27H24FN9. The van der Waals surface area contributed by atoms with Crippen molar-refractivity contribution < 1.29 is 4.39 Å². The van der Waals surface area contributed by atoms with Crippen LogP contribution in [0.3, 0.4) is 0 Å². The van der Waals surface area contributed by atoms with Crippen molar-refractivity contribution in [3.8, 4) is 34.0 Å². The van der Waals surface area contributed by atoms with Crippen LogP contribution in [0.4, 0.5) is 10.1 Å². The van der Waals surface area contributed by atoms with E-state index in [0.717, 1.165) is 28.8 Å². The molecule has 9 nitrogen and oxygen atoms in total. The van der Waals surface area contributed by atoms with Gasteiger partial charge in [-0.15, -0.1) is 0 Å². The van der Waals surface area contributed by atoms with Crippen molar-refractivity contribution in [2.75, 3.05) is 32.5 Å². The van der Waals surface area contributed by atoms with Gasteiger partial charge >= 0.3 is 0 Å². The molecule has 0 bridgehead atoms. The number of nitrogens with one attached hydrogen (secondary N) is 3. The molecule has 0 spiro atoms. The van der Waals surface area contributed by atoms with E-state index < -0.39 is 0 Å². The number of aromatic nitrogens is 7. The van der Waals surface area contributed by atoms with Crippen LogP contribution in [0.1, 0.15) is 0 Å². The van der Waals surface area contributed by atoms with E-state index in [1.165, 1.54) is 12.1 Å². The fourth-order valence-electron chi connectivity index (χ4n) is 4.26. The molecule has 0 aliphatic carbocycles. The monoisotopic (exact) mass is 493 g/mol. The van der Waals surface area contributed by atoms with Crippen molar-refractivity contribution in [1.29, 1.82) is 0 Å². The third-order valence-electron chi connectivity index (χ3n) is 6.07. The van der Waals surface area contributed by atoms with Crippen LogP contribution >= 0.6 is 0 Å². The minimum Gasteiger partial charge on any atom is -0.384 e. The zero-order chi connectivity index (χ0) is 25.4. The van der Waals surface area contributed by atoms with Crippen LogP contribution in [0.15, 0.2) is 67.1 Å². The second kappa shape index (κ2) is 9.40. The predicted molar refractivity (Wildman–Crippen MR) is 142 cm³/mol. The smallest absolute Gasteiger partial charge is 0.161 e. The van der Waals surface area contributed by atoms with Gasteiger partial charge in [-0.1, -0.05) is 0 Å². The number of imidazole rings is 1. The maximum absolute atomic E-state index is 14.5. The van der Waals surface area contributed by atoms with Crippen molar-refractivity contribution in [2.24, 2.45) is 0 Å². The van der Waals surface area contributed by atoms with Gasteiger partial charge in [-0.25, -0.2) is 14.4 Å². The van der Waals surface area contributed by atoms with Crippen LogP contribution in [0.5, 0.6) is 0 Å². The molecule has 5 aromatic heterocycles. The van der Waals surface area contributed by atoms with E-state index >= 15 is 0 Å². The molecule has 10 heteroatoms. The predicted octanol–water partition coefficient (Wildman–Crippen LogP) is 4.74. The fraction of sp³-hybridized carbons (Fsp3) is 0.148. The summed E-state index contributed by atoms with van der Waals surface area (Å²) < 4.78 is 14.5. The minimum absolute atomic E-state index is 0.342. The number of aromatic amines is 2. The summed E-state index contributed by atoms with van der Waals surface area (Å²) in [6.45, 7) is 1.53. The number of hydrogen-bond donors (Lipinski definition) is 3. The minimum atomic E-state index is -0.342. The van der Waals surface area contributed by atoms with Gasteiger partial charge in [0, 0.05) is 48.5 Å². The number of anilines is 1. The molecule has 0 saturated carbocycles. The molecule has 1 aromatic carbocycles. The second-order valence-corrected chi connectivity index (χ2v) is 9.00. The molecule has 6 aromatic rings. The lowest BCUT2D eigenvalue weighted by Gasteiger charge is -2.12. The van der Waals surface area contributed by atoms with Crippen LogP contribution in [-0.2, 0) is 0 Å². The van der Waals surface area contributed by atoms with Gasteiger partial charge in [0.1, 0.15) is 16.9 Å². The molecule has 3 N–H and O–H groups in total. The topological polar surface area (TPSA) is 111 Å². The third kappa shape index (κ3) is 4.50. The van der Waals surface area contributed by atoms with Crippen LogP contribution in [0, 0.1) is 5.82 Å². The molecule has 6 rings (SSSR count). The molecule has 0 unspecified atom stereocenters. The summed E-state index contributed by atoms with van der Waals surface area (Å²) in [6, 6.07) is 14.4. The van der Waals surface area contributed by atoms with E-state index in [1.807, 2.05) is 50.5 Å². The maximum Gasteiger partial charge on any atom is 0.161 e. The number of likely N-dealkylation sites (N-methyl/N-ethyl adjacent to an activating group) is 1. The lowest BCUT2D eigenvalue weighted by atomic mass is 10.1. The first-order valence-corrected chi connectivity index (χ1v) is 11.9. The van der Waals surface area contributed by atoms with Crippen LogP contribution < -0.4 is 5.32 Å². The Bertz CT molecular complexity index is 1710. The Hall–Kier alpha value is -4.70. The van der Waals surface area contributed by atoms with E-state index in [2.05, 4.69) is 35.4 Å². The molecule has 184 valence electrons.